The van der Waals surface area contributed by atoms with Crippen LogP contribution in [0.3, 0.4) is 0 Å². The maximum Gasteiger partial charge on any atom is 2.00 e. The third-order valence-corrected chi connectivity index (χ3v) is 0. The zero-order valence-electron chi connectivity index (χ0n) is 4.99. The van der Waals surface area contributed by atoms with E-state index >= 15 is 0 Å². The van der Waals surface area contributed by atoms with Gasteiger partial charge in [-0.05, 0) is 0 Å². The first-order valence-corrected chi connectivity index (χ1v) is 2.86. The predicted molar refractivity (Wildman–Crippen MR) is 34.4 cm³/mol. The summed E-state index contributed by atoms with van der Waals surface area (Å²) in [5.74, 6) is 0. The molecular weight excluding hydrogens is 200 g/mol. The van der Waals surface area contributed by atoms with Gasteiger partial charge in [0.15, 0.2) is 0 Å². The van der Waals surface area contributed by atoms with Crippen LogP contribution in [0.15, 0.2) is 0 Å². The number of rotatable bonds is 0. The summed E-state index contributed by atoms with van der Waals surface area (Å²) in [6.07, 6.45) is 3.17. The fraction of sp³-hybridized carbons (Fsp3) is 0.500. The van der Waals surface area contributed by atoms with Crippen LogP contribution < -0.4 is 0 Å². The van der Waals surface area contributed by atoms with E-state index in [0.717, 1.165) is 0 Å². The largest absolute Gasteiger partial charge is 2.00 e. The van der Waals surface area contributed by atoms with E-state index in [2.05, 4.69) is 38.6 Å². The van der Waals surface area contributed by atoms with E-state index in [1.54, 1.807) is 12.5 Å². The predicted octanol–water partition coefficient (Wildman–Crippen LogP) is 0.249. The molecule has 0 fully saturated rings. The topological polar surface area (TPSA) is 39.8 Å². The molecule has 9 heavy (non-hydrogen) atoms. The third kappa shape index (κ3) is 798. The Balaban J connectivity index is -0.00000000762. The van der Waals surface area contributed by atoms with E-state index in [1.807, 2.05) is 0 Å². The zero-order valence-corrected chi connectivity index (χ0v) is 7.72. The van der Waals surface area contributed by atoms with Gasteiger partial charge in [0.25, 0.3) is 0 Å². The van der Waals surface area contributed by atoms with Gasteiger partial charge in [0.1, 0.15) is 0 Å². The average Bonchev–Trinajstić information content (AvgIpc) is 2.03. The van der Waals surface area contributed by atoms with Crippen LogP contribution in [0.2, 0.25) is 0 Å². The van der Waals surface area contributed by atoms with Crippen molar-refractivity contribution in [3.05, 3.63) is 13.3 Å². The van der Waals surface area contributed by atoms with Crippen molar-refractivity contribution < 1.29 is 26.4 Å². The van der Waals surface area contributed by atoms with Gasteiger partial charge in [0.2, 0.25) is 0 Å². The smallest absolute Gasteiger partial charge is 2.00 e. The van der Waals surface area contributed by atoms with Crippen molar-refractivity contribution in [2.24, 2.45) is 0 Å². The van der Waals surface area contributed by atoms with Gasteiger partial charge in [-0.15, -0.1) is 0 Å². The fourth-order valence-electron chi connectivity index (χ4n) is 0. The zero-order chi connectivity index (χ0) is 8.00. The van der Waals surface area contributed by atoms with Crippen molar-refractivity contribution in [1.29, 1.82) is 0 Å². The molecular formula is C4H6FeO2S2. The second-order valence-corrected chi connectivity index (χ2v) is 0. The van der Waals surface area contributed by atoms with E-state index in [1.165, 1.54) is 0 Å². The molecule has 0 N–H and O–H groups in total. The molecule has 0 atom stereocenters. The van der Waals surface area contributed by atoms with E-state index in [-0.39, 0.29) is 17.1 Å². The molecule has 0 radical (unpaired) electrons. The molecule has 0 heterocycles. The summed E-state index contributed by atoms with van der Waals surface area (Å²) in [5, 5.41) is 0. The molecule has 0 aromatic heterocycles. The first-order chi connectivity index (χ1) is 4.00. The average molecular weight is 206 g/mol. The van der Waals surface area contributed by atoms with Crippen molar-refractivity contribution in [2.75, 3.05) is 12.5 Å². The molecule has 2 nitrogen and oxygen atoms in total. The molecule has 0 aromatic rings. The van der Waals surface area contributed by atoms with Gasteiger partial charge >= 0.3 is 39.7 Å². The van der Waals surface area contributed by atoms with Gasteiger partial charge in [-0.1, -0.05) is 0 Å². The maximum absolute atomic E-state index is 7.50. The Morgan fingerprint density at radius 3 is 0.778 bits per heavy atom. The van der Waals surface area contributed by atoms with E-state index < -0.39 is 0 Å². The minimum absolute atomic E-state index is 0. The minimum Gasteiger partial charge on any atom is 2.00 e. The molecule has 0 saturated carbocycles. The maximum atomic E-state index is 7.50. The van der Waals surface area contributed by atoms with Crippen LogP contribution in [0.4, 0.5) is 0 Å². The molecule has 0 spiro atoms. The molecule has 0 aliphatic heterocycles. The summed E-state index contributed by atoms with van der Waals surface area (Å²) in [4.78, 5) is 0. The Labute approximate surface area is 77.5 Å². The second kappa shape index (κ2) is 1050. The Morgan fingerprint density at radius 1 is 0.778 bits per heavy atom. The molecule has 0 aliphatic carbocycles. The van der Waals surface area contributed by atoms with Crippen LogP contribution in [-0.4, -0.2) is 12.5 Å². The first-order valence-electron chi connectivity index (χ1n) is 1.22. The van der Waals surface area contributed by atoms with Crippen molar-refractivity contribution in [1.82, 2.24) is 0 Å². The Hall–Kier alpha value is 0.699. The Morgan fingerprint density at radius 2 is 0.778 bits per heavy atom. The van der Waals surface area contributed by atoms with Crippen LogP contribution in [-0.2, 0) is 51.6 Å². The van der Waals surface area contributed by atoms with Gasteiger partial charge in [0.05, 0.1) is 0 Å². The van der Waals surface area contributed by atoms with E-state index in [0.29, 0.717) is 0 Å². The van der Waals surface area contributed by atoms with Gasteiger partial charge in [-0.2, -0.15) is 12.5 Å². The van der Waals surface area contributed by atoms with Crippen molar-refractivity contribution in [3.8, 4) is 0 Å². The summed E-state index contributed by atoms with van der Waals surface area (Å²) >= 11 is 8.17. The first kappa shape index (κ1) is 33.2. The van der Waals surface area contributed by atoms with Gasteiger partial charge in [-0.3, -0.25) is 0 Å². The van der Waals surface area contributed by atoms with Crippen molar-refractivity contribution in [2.45, 2.75) is 0 Å². The Bertz CT molecular complexity index is 32.0. The van der Waals surface area contributed by atoms with Crippen molar-refractivity contribution in [3.63, 3.8) is 0 Å². The summed E-state index contributed by atoms with van der Waals surface area (Å²) < 4.78 is 15.0. The van der Waals surface area contributed by atoms with Crippen LogP contribution in [0, 0.1) is 13.3 Å². The molecule has 0 saturated heterocycles. The fourth-order valence-corrected chi connectivity index (χ4v) is 0. The summed E-state index contributed by atoms with van der Waals surface area (Å²) in [7, 11) is 0. The van der Waals surface area contributed by atoms with Gasteiger partial charge < -0.3 is 25.3 Å². The number of hydrogen-bond acceptors (Lipinski definition) is 2. The van der Waals surface area contributed by atoms with Crippen molar-refractivity contribution >= 4 is 25.3 Å². The van der Waals surface area contributed by atoms with E-state index in [9.17, 15) is 0 Å². The minimum atomic E-state index is 0. The monoisotopic (exact) mass is 206 g/mol. The van der Waals surface area contributed by atoms with E-state index in [4.69, 9.17) is 9.30 Å². The molecule has 54 valence electrons. The number of hydrogen-bond donors (Lipinski definition) is 0. The molecule has 0 amide bonds. The Kier molecular flexibility index (Phi) is 3890. The SMILES string of the molecule is C[S-].C[S-].[C-]#[O+].[C-]#[O+].[Fe+2]. The summed E-state index contributed by atoms with van der Waals surface area (Å²) in [6.45, 7) is 9.00. The third-order valence-electron chi connectivity index (χ3n) is 0. The molecule has 0 rings (SSSR count). The molecule has 0 bridgehead atoms. The molecule has 5 heteroatoms. The summed E-state index contributed by atoms with van der Waals surface area (Å²) in [5.41, 5.74) is 0. The van der Waals surface area contributed by atoms with Gasteiger partial charge in [-0.25, -0.2) is 0 Å². The quantitative estimate of drug-likeness (QED) is 0.246. The van der Waals surface area contributed by atoms with Gasteiger partial charge in [0, 0.05) is 0 Å². The molecule has 0 unspecified atom stereocenters. The van der Waals surface area contributed by atoms with Crippen LogP contribution in [0.5, 0.6) is 0 Å². The summed E-state index contributed by atoms with van der Waals surface area (Å²) in [6, 6.07) is 0. The normalized spacial score (nSPS) is 1.78. The van der Waals surface area contributed by atoms with Crippen LogP contribution >= 0.6 is 0 Å². The van der Waals surface area contributed by atoms with Crippen LogP contribution in [0.25, 0.3) is 0 Å². The van der Waals surface area contributed by atoms with Crippen LogP contribution in [0.1, 0.15) is 0 Å². The molecule has 0 aliphatic rings. The molecule has 0 aromatic carbocycles. The standard InChI is InChI=1S/2CO.2CH4S.Fe/c4*1-2;/h;;2*2H,1H3;/q;;;;+2/p-2. The second-order valence-electron chi connectivity index (χ2n) is 0.